The molecule has 2 aliphatic rings. The van der Waals surface area contributed by atoms with Crippen molar-refractivity contribution in [1.29, 1.82) is 0 Å². The Kier molecular flexibility index (Phi) is 5.43. The van der Waals surface area contributed by atoms with E-state index in [1.54, 1.807) is 6.07 Å². The van der Waals surface area contributed by atoms with E-state index in [0.29, 0.717) is 16.8 Å². The first-order chi connectivity index (χ1) is 15.1. The zero-order valence-electron chi connectivity index (χ0n) is 17.0. The highest BCUT2D eigenvalue weighted by Crippen LogP contribution is 2.30. The van der Waals surface area contributed by atoms with Crippen LogP contribution in [0.5, 0.6) is 0 Å². The lowest BCUT2D eigenvalue weighted by atomic mass is 10.0. The predicted octanol–water partition coefficient (Wildman–Crippen LogP) is 1.21. The second-order valence-electron chi connectivity index (χ2n) is 7.58. The molecule has 2 aliphatic heterocycles. The van der Waals surface area contributed by atoms with Crippen molar-refractivity contribution >= 4 is 45.0 Å². The average Bonchev–Trinajstić information content (AvgIpc) is 3.03. The minimum Gasteiger partial charge on any atom is -0.326 e. The number of amides is 4. The molecule has 3 N–H and O–H groups in total. The number of carbonyl (C=O) groups excluding carboxylic acids is 4. The van der Waals surface area contributed by atoms with Crippen molar-refractivity contribution in [2.75, 3.05) is 10.0 Å². The molecule has 1 atom stereocenters. The van der Waals surface area contributed by atoms with Crippen LogP contribution in [0.3, 0.4) is 0 Å². The van der Waals surface area contributed by atoms with Gasteiger partial charge in [-0.3, -0.25) is 29.2 Å². The number of rotatable bonds is 5. The highest BCUT2D eigenvalue weighted by molar-refractivity contribution is 7.92. The topological polar surface area (TPSA) is 142 Å². The first-order valence-corrected chi connectivity index (χ1v) is 11.3. The number of carbonyl (C=O) groups is 4. The molecule has 166 valence electrons. The van der Waals surface area contributed by atoms with Gasteiger partial charge in [-0.05, 0) is 54.4 Å². The smallest absolute Gasteiger partial charge is 0.261 e. The van der Waals surface area contributed by atoms with Crippen molar-refractivity contribution in [3.05, 3.63) is 53.6 Å². The molecule has 11 heteroatoms. The van der Waals surface area contributed by atoms with Crippen LogP contribution in [0.4, 0.5) is 11.4 Å². The first kappa shape index (κ1) is 21.5. The van der Waals surface area contributed by atoms with E-state index >= 15 is 0 Å². The lowest BCUT2D eigenvalue weighted by Gasteiger charge is -2.29. The summed E-state index contributed by atoms with van der Waals surface area (Å²) in [7, 11) is -3.90. The summed E-state index contributed by atoms with van der Waals surface area (Å²) >= 11 is 0. The van der Waals surface area contributed by atoms with Gasteiger partial charge in [0.2, 0.25) is 17.7 Å². The molecule has 1 fully saturated rings. The van der Waals surface area contributed by atoms with Gasteiger partial charge in [-0.15, -0.1) is 0 Å². The Morgan fingerprint density at radius 2 is 1.75 bits per heavy atom. The van der Waals surface area contributed by atoms with Crippen molar-refractivity contribution in [2.45, 2.75) is 37.2 Å². The summed E-state index contributed by atoms with van der Waals surface area (Å²) in [6, 6.07) is 9.52. The van der Waals surface area contributed by atoms with E-state index in [1.165, 1.54) is 48.2 Å². The molecule has 32 heavy (non-hydrogen) atoms. The lowest BCUT2D eigenvalue weighted by Crippen LogP contribution is -2.52. The Morgan fingerprint density at radius 3 is 2.41 bits per heavy atom. The lowest BCUT2D eigenvalue weighted by molar-refractivity contribution is -0.137. The summed E-state index contributed by atoms with van der Waals surface area (Å²) in [4.78, 5) is 48.8. The maximum Gasteiger partial charge on any atom is 0.261 e. The second kappa shape index (κ2) is 8.08. The molecule has 10 nitrogen and oxygen atoms in total. The highest BCUT2D eigenvalue weighted by Gasteiger charge is 2.39. The fourth-order valence-electron chi connectivity index (χ4n) is 3.77. The zero-order chi connectivity index (χ0) is 23.0. The van der Waals surface area contributed by atoms with Crippen molar-refractivity contribution in [3.8, 4) is 0 Å². The minimum atomic E-state index is -3.90. The SMILES string of the molecule is CC(=O)Nc1ccc(S(=O)(=O)Nc2ccc3c(c2)CN(C2CCC(=O)NC2=O)C3=O)cc1. The molecule has 0 bridgehead atoms. The Morgan fingerprint density at radius 1 is 1.06 bits per heavy atom. The Bertz CT molecular complexity index is 1240. The van der Waals surface area contributed by atoms with E-state index in [2.05, 4.69) is 15.4 Å². The van der Waals surface area contributed by atoms with Crippen molar-refractivity contribution in [2.24, 2.45) is 0 Å². The van der Waals surface area contributed by atoms with Gasteiger partial charge in [-0.1, -0.05) is 0 Å². The van der Waals surface area contributed by atoms with Crippen LogP contribution >= 0.6 is 0 Å². The maximum atomic E-state index is 12.7. The predicted molar refractivity (Wildman–Crippen MR) is 114 cm³/mol. The zero-order valence-corrected chi connectivity index (χ0v) is 17.9. The number of sulfonamides is 1. The van der Waals surface area contributed by atoms with Crippen LogP contribution in [-0.4, -0.2) is 43.0 Å². The monoisotopic (exact) mass is 456 g/mol. The minimum absolute atomic E-state index is 0.00773. The van der Waals surface area contributed by atoms with Gasteiger partial charge in [0.05, 0.1) is 4.90 Å². The summed E-state index contributed by atoms with van der Waals surface area (Å²) in [5.41, 5.74) is 1.71. The fourth-order valence-corrected chi connectivity index (χ4v) is 4.82. The molecule has 0 spiro atoms. The largest absolute Gasteiger partial charge is 0.326 e. The van der Waals surface area contributed by atoms with Gasteiger partial charge in [0, 0.05) is 36.8 Å². The molecule has 4 amide bonds. The van der Waals surface area contributed by atoms with Gasteiger partial charge in [-0.25, -0.2) is 8.42 Å². The average molecular weight is 456 g/mol. The standard InChI is InChI=1S/C21H20N4O6S/c1-12(26)22-14-2-5-16(6-3-14)32(30,31)24-15-4-7-17-13(10-15)11-25(21(17)29)18-8-9-19(27)23-20(18)28/h2-7,10,18,24H,8-9,11H2,1H3,(H,22,26)(H,23,27,28). The molecular weight excluding hydrogens is 436 g/mol. The number of nitrogens with zero attached hydrogens (tertiary/aromatic N) is 1. The third kappa shape index (κ3) is 4.19. The number of anilines is 2. The third-order valence-electron chi connectivity index (χ3n) is 5.26. The summed E-state index contributed by atoms with van der Waals surface area (Å²) in [6.45, 7) is 1.49. The molecule has 2 aromatic rings. The molecule has 0 aromatic heterocycles. The van der Waals surface area contributed by atoms with Crippen LogP contribution in [0.15, 0.2) is 47.4 Å². The number of nitrogens with one attached hydrogen (secondary N) is 3. The molecule has 1 unspecified atom stereocenters. The molecule has 1 saturated heterocycles. The fraction of sp³-hybridized carbons (Fsp3) is 0.238. The van der Waals surface area contributed by atoms with E-state index in [-0.39, 0.29) is 47.7 Å². The van der Waals surface area contributed by atoms with Gasteiger partial charge in [0.15, 0.2) is 0 Å². The first-order valence-electron chi connectivity index (χ1n) is 9.82. The number of piperidine rings is 1. The van der Waals surface area contributed by atoms with Crippen LogP contribution in [0.25, 0.3) is 0 Å². The Hall–Kier alpha value is -3.73. The number of imide groups is 1. The van der Waals surface area contributed by atoms with E-state index in [0.717, 1.165) is 0 Å². The summed E-state index contributed by atoms with van der Waals surface area (Å²) in [5.74, 6) is -1.47. The number of fused-ring (bicyclic) bond motifs is 1. The molecular formula is C21H20N4O6S. The van der Waals surface area contributed by atoms with Crippen LogP contribution < -0.4 is 15.4 Å². The van der Waals surface area contributed by atoms with Crippen molar-refractivity contribution in [1.82, 2.24) is 10.2 Å². The van der Waals surface area contributed by atoms with Crippen LogP contribution in [0.1, 0.15) is 35.7 Å². The van der Waals surface area contributed by atoms with E-state index < -0.39 is 22.0 Å². The van der Waals surface area contributed by atoms with Gasteiger partial charge < -0.3 is 10.2 Å². The maximum absolute atomic E-state index is 12.7. The van der Waals surface area contributed by atoms with Crippen molar-refractivity contribution < 1.29 is 27.6 Å². The summed E-state index contributed by atoms with van der Waals surface area (Å²) < 4.78 is 27.9. The van der Waals surface area contributed by atoms with Crippen LogP contribution in [0.2, 0.25) is 0 Å². The summed E-state index contributed by atoms with van der Waals surface area (Å²) in [5, 5.41) is 4.81. The second-order valence-corrected chi connectivity index (χ2v) is 9.27. The molecule has 2 heterocycles. The quantitative estimate of drug-likeness (QED) is 0.578. The van der Waals surface area contributed by atoms with Gasteiger partial charge >= 0.3 is 0 Å². The van der Waals surface area contributed by atoms with Crippen LogP contribution in [0, 0.1) is 0 Å². The van der Waals surface area contributed by atoms with E-state index in [1.807, 2.05) is 0 Å². The number of hydrogen-bond donors (Lipinski definition) is 3. The molecule has 0 saturated carbocycles. The molecule has 0 aliphatic carbocycles. The van der Waals surface area contributed by atoms with E-state index in [4.69, 9.17) is 0 Å². The molecule has 4 rings (SSSR count). The molecule has 2 aromatic carbocycles. The Balaban J connectivity index is 1.51. The number of benzene rings is 2. The van der Waals surface area contributed by atoms with Crippen LogP contribution in [-0.2, 0) is 31.0 Å². The molecule has 0 radical (unpaired) electrons. The highest BCUT2D eigenvalue weighted by atomic mass is 32.2. The van der Waals surface area contributed by atoms with Gasteiger partial charge in [0.25, 0.3) is 15.9 Å². The third-order valence-corrected chi connectivity index (χ3v) is 6.66. The van der Waals surface area contributed by atoms with Gasteiger partial charge in [0.1, 0.15) is 6.04 Å². The normalized spacial score (nSPS) is 18.2. The van der Waals surface area contributed by atoms with Crippen molar-refractivity contribution in [3.63, 3.8) is 0 Å². The van der Waals surface area contributed by atoms with E-state index in [9.17, 15) is 27.6 Å². The summed E-state index contributed by atoms with van der Waals surface area (Å²) in [6.07, 6.45) is 0.403. The Labute approximate surface area is 184 Å². The number of hydrogen-bond acceptors (Lipinski definition) is 6. The van der Waals surface area contributed by atoms with Gasteiger partial charge in [-0.2, -0.15) is 0 Å².